The molecule has 3 N–H and O–H groups in total. The Hall–Kier alpha value is -1.66. The molecule has 0 fully saturated rings. The van der Waals surface area contributed by atoms with Crippen molar-refractivity contribution >= 4 is 11.9 Å². The number of carbonyl (C=O) groups excluding carboxylic acids is 2. The second-order valence-corrected chi connectivity index (χ2v) is 17.9. The molecule has 0 bridgehead atoms. The summed E-state index contributed by atoms with van der Waals surface area (Å²) >= 11 is 0. The second-order valence-electron chi connectivity index (χ2n) is 17.9. The maximum absolute atomic E-state index is 12.4. The minimum Gasteiger partial charge on any atom is -0.466 e. The van der Waals surface area contributed by atoms with Gasteiger partial charge in [0.2, 0.25) is 5.91 Å². The highest BCUT2D eigenvalue weighted by Gasteiger charge is 2.18. The van der Waals surface area contributed by atoms with E-state index in [1.54, 1.807) is 6.08 Å². The molecule has 0 radical (unpaired) electrons. The van der Waals surface area contributed by atoms with E-state index in [1.165, 1.54) is 205 Å². The van der Waals surface area contributed by atoms with Gasteiger partial charge in [0.05, 0.1) is 25.4 Å². The molecule has 0 saturated heterocycles. The van der Waals surface area contributed by atoms with Gasteiger partial charge in [-0.3, -0.25) is 9.59 Å². The number of hydrogen-bond acceptors (Lipinski definition) is 5. The van der Waals surface area contributed by atoms with Crippen LogP contribution in [0.4, 0.5) is 0 Å². The summed E-state index contributed by atoms with van der Waals surface area (Å²) in [7, 11) is 0. The van der Waals surface area contributed by atoms with Crippen molar-refractivity contribution in [1.82, 2.24) is 5.32 Å². The third-order valence-electron chi connectivity index (χ3n) is 12.0. The van der Waals surface area contributed by atoms with E-state index in [9.17, 15) is 19.8 Å². The van der Waals surface area contributed by atoms with E-state index >= 15 is 0 Å². The van der Waals surface area contributed by atoms with E-state index < -0.39 is 12.1 Å². The van der Waals surface area contributed by atoms with Crippen molar-refractivity contribution < 1.29 is 24.5 Å². The Morgan fingerprint density at radius 2 is 0.797 bits per heavy atom. The molecule has 0 spiro atoms. The molecule has 59 heavy (non-hydrogen) atoms. The molecule has 1 amide bonds. The van der Waals surface area contributed by atoms with Gasteiger partial charge in [-0.15, -0.1) is 0 Å². The van der Waals surface area contributed by atoms with Gasteiger partial charge in [0.1, 0.15) is 0 Å². The molecule has 0 heterocycles. The third kappa shape index (κ3) is 45.7. The van der Waals surface area contributed by atoms with Crippen molar-refractivity contribution in [3.05, 3.63) is 24.3 Å². The lowest BCUT2D eigenvalue weighted by Crippen LogP contribution is -2.45. The number of aliphatic hydroxyl groups is 2. The minimum atomic E-state index is -0.847. The summed E-state index contributed by atoms with van der Waals surface area (Å²) in [5.74, 6) is -0.0826. The molecule has 0 aliphatic rings. The van der Waals surface area contributed by atoms with Gasteiger partial charge in [-0.05, 0) is 57.8 Å². The molecule has 6 nitrogen and oxygen atoms in total. The number of nitrogens with one attached hydrogen (secondary N) is 1. The zero-order valence-corrected chi connectivity index (χ0v) is 39.5. The second kappa shape index (κ2) is 49.0. The fourth-order valence-corrected chi connectivity index (χ4v) is 7.92. The predicted molar refractivity (Wildman–Crippen MR) is 255 cm³/mol. The summed E-state index contributed by atoms with van der Waals surface area (Å²) in [5.41, 5.74) is 0. The fraction of sp³-hybridized carbons (Fsp3) is 0.887. The van der Waals surface area contributed by atoms with Crippen LogP contribution in [0.2, 0.25) is 0 Å². The van der Waals surface area contributed by atoms with Crippen LogP contribution >= 0.6 is 0 Å². The predicted octanol–water partition coefficient (Wildman–Crippen LogP) is 15.5. The van der Waals surface area contributed by atoms with Crippen molar-refractivity contribution in [2.75, 3.05) is 13.2 Å². The molecule has 0 aromatic carbocycles. The molecule has 348 valence electrons. The molecule has 0 aromatic heterocycles. The number of amides is 1. The first-order valence-electron chi connectivity index (χ1n) is 26.1. The lowest BCUT2D eigenvalue weighted by Gasteiger charge is -2.20. The van der Waals surface area contributed by atoms with Crippen LogP contribution in [0.5, 0.6) is 0 Å². The van der Waals surface area contributed by atoms with Crippen molar-refractivity contribution in [1.29, 1.82) is 0 Å². The normalized spacial score (nSPS) is 12.8. The highest BCUT2D eigenvalue weighted by molar-refractivity contribution is 5.76. The largest absolute Gasteiger partial charge is 0.466 e. The van der Waals surface area contributed by atoms with Crippen molar-refractivity contribution in [3.63, 3.8) is 0 Å². The zero-order valence-electron chi connectivity index (χ0n) is 39.5. The van der Waals surface area contributed by atoms with E-state index in [0.717, 1.165) is 44.9 Å². The van der Waals surface area contributed by atoms with Crippen LogP contribution in [0.1, 0.15) is 277 Å². The van der Waals surface area contributed by atoms with E-state index in [-0.39, 0.29) is 18.5 Å². The van der Waals surface area contributed by atoms with Crippen LogP contribution in [-0.4, -0.2) is 47.4 Å². The molecule has 0 aliphatic heterocycles. The number of carbonyl (C=O) groups is 2. The average molecular weight is 832 g/mol. The summed E-state index contributed by atoms with van der Waals surface area (Å²) in [6.45, 7) is 4.87. The number of aliphatic hydroxyl groups excluding tert-OH is 2. The van der Waals surface area contributed by atoms with E-state index in [2.05, 4.69) is 31.3 Å². The molecule has 0 rings (SSSR count). The molecule has 0 aromatic rings. The monoisotopic (exact) mass is 832 g/mol. The van der Waals surface area contributed by atoms with Gasteiger partial charge >= 0.3 is 5.97 Å². The zero-order chi connectivity index (χ0) is 43.0. The first-order chi connectivity index (χ1) is 29.0. The van der Waals surface area contributed by atoms with Crippen molar-refractivity contribution in [2.45, 2.75) is 289 Å². The van der Waals surface area contributed by atoms with E-state index in [1.807, 2.05) is 6.08 Å². The minimum absolute atomic E-state index is 0.00620. The summed E-state index contributed by atoms with van der Waals surface area (Å²) in [4.78, 5) is 24.4. The molecule has 2 atom stereocenters. The quantitative estimate of drug-likeness (QED) is 0.0322. The van der Waals surface area contributed by atoms with Gasteiger partial charge in [0, 0.05) is 12.8 Å². The van der Waals surface area contributed by atoms with E-state index in [4.69, 9.17) is 4.74 Å². The third-order valence-corrected chi connectivity index (χ3v) is 12.0. The number of rotatable bonds is 48. The Kier molecular flexibility index (Phi) is 47.6. The van der Waals surface area contributed by atoms with Crippen LogP contribution in [-0.2, 0) is 14.3 Å². The van der Waals surface area contributed by atoms with Gasteiger partial charge in [-0.2, -0.15) is 0 Å². The Bertz CT molecular complexity index is 920. The number of allylic oxidation sites excluding steroid dienone is 3. The standard InChI is InChI=1S/C53H101NO5/c1-3-5-7-9-11-13-15-16-19-23-27-31-35-39-43-47-53(58)59-48-44-40-36-32-28-24-21-18-17-20-22-26-30-34-38-42-46-52(57)54-50(49-55)51(56)45-41-37-33-29-25-14-12-10-8-6-4-2/h16,19,41,45,50-51,55-56H,3-15,17-18,20-40,42-44,46-49H2,1-2H3,(H,54,57)/b19-16-,45-41+. The van der Waals surface area contributed by atoms with Crippen LogP contribution in [0.15, 0.2) is 24.3 Å². The Balaban J connectivity index is 3.43. The maximum atomic E-state index is 12.4. The molecular weight excluding hydrogens is 731 g/mol. The van der Waals surface area contributed by atoms with Crippen LogP contribution < -0.4 is 5.32 Å². The lowest BCUT2D eigenvalue weighted by atomic mass is 10.0. The number of ether oxygens (including phenoxy) is 1. The number of esters is 1. The van der Waals surface area contributed by atoms with Gasteiger partial charge in [-0.1, -0.05) is 231 Å². The number of hydrogen-bond donors (Lipinski definition) is 3. The summed E-state index contributed by atoms with van der Waals surface area (Å²) in [6, 6.07) is -0.631. The Morgan fingerprint density at radius 3 is 1.20 bits per heavy atom. The molecule has 0 saturated carbocycles. The molecule has 0 aliphatic carbocycles. The molecule has 6 heteroatoms. The lowest BCUT2D eigenvalue weighted by molar-refractivity contribution is -0.143. The smallest absolute Gasteiger partial charge is 0.305 e. The van der Waals surface area contributed by atoms with Crippen LogP contribution in [0.3, 0.4) is 0 Å². The van der Waals surface area contributed by atoms with Gasteiger partial charge in [0.15, 0.2) is 0 Å². The highest BCUT2D eigenvalue weighted by Crippen LogP contribution is 2.16. The first-order valence-corrected chi connectivity index (χ1v) is 26.1. The Morgan fingerprint density at radius 1 is 0.458 bits per heavy atom. The molecular formula is C53H101NO5. The summed E-state index contributed by atoms with van der Waals surface area (Å²) < 4.78 is 5.46. The van der Waals surface area contributed by atoms with Crippen LogP contribution in [0, 0.1) is 0 Å². The summed E-state index contributed by atoms with van der Waals surface area (Å²) in [5, 5.41) is 23.0. The van der Waals surface area contributed by atoms with Gasteiger partial charge in [-0.25, -0.2) is 0 Å². The van der Waals surface area contributed by atoms with Crippen molar-refractivity contribution in [2.24, 2.45) is 0 Å². The summed E-state index contributed by atoms with van der Waals surface area (Å²) in [6.07, 6.45) is 57.5. The average Bonchev–Trinajstić information content (AvgIpc) is 3.24. The fourth-order valence-electron chi connectivity index (χ4n) is 7.92. The highest BCUT2D eigenvalue weighted by atomic mass is 16.5. The van der Waals surface area contributed by atoms with Gasteiger partial charge < -0.3 is 20.3 Å². The Labute approximate surface area is 367 Å². The van der Waals surface area contributed by atoms with Crippen LogP contribution in [0.25, 0.3) is 0 Å². The van der Waals surface area contributed by atoms with Gasteiger partial charge in [0.25, 0.3) is 0 Å². The maximum Gasteiger partial charge on any atom is 0.305 e. The van der Waals surface area contributed by atoms with E-state index in [0.29, 0.717) is 19.4 Å². The first kappa shape index (κ1) is 57.3. The number of unbranched alkanes of at least 4 members (excludes halogenated alkanes) is 35. The van der Waals surface area contributed by atoms with Crippen molar-refractivity contribution in [3.8, 4) is 0 Å². The topological polar surface area (TPSA) is 95.9 Å². The SMILES string of the molecule is CCCCCCCC/C=C\CCCCCCCC(=O)OCCCCCCCCCCCCCCCCCCC(=O)NC(CO)C(O)/C=C/CCCCCCCCCCC. The molecule has 2 unspecified atom stereocenters.